The summed E-state index contributed by atoms with van der Waals surface area (Å²) in [7, 11) is 0. The highest BCUT2D eigenvalue weighted by molar-refractivity contribution is 5.16. The molecule has 4 heteroatoms. The minimum atomic E-state index is -0.466. The van der Waals surface area contributed by atoms with Crippen molar-refractivity contribution in [2.24, 2.45) is 0 Å². The van der Waals surface area contributed by atoms with E-state index in [1.165, 1.54) is 6.07 Å². The summed E-state index contributed by atoms with van der Waals surface area (Å²) in [6.07, 6.45) is 2.57. The van der Waals surface area contributed by atoms with Gasteiger partial charge in [-0.15, -0.1) is 0 Å². The van der Waals surface area contributed by atoms with Crippen LogP contribution < -0.4 is 0 Å². The van der Waals surface area contributed by atoms with Crippen LogP contribution in [0.1, 0.15) is 38.7 Å². The van der Waals surface area contributed by atoms with Gasteiger partial charge >= 0.3 is 0 Å². The topological polar surface area (TPSA) is 27.7 Å². The van der Waals surface area contributed by atoms with Crippen molar-refractivity contribution in [1.29, 1.82) is 0 Å². The Kier molecular flexibility index (Phi) is 5.52. The summed E-state index contributed by atoms with van der Waals surface area (Å²) < 4.78 is 30.9. The van der Waals surface area contributed by atoms with Gasteiger partial charge < -0.3 is 14.2 Å². The maximum atomic E-state index is 13.6. The molecule has 0 aliphatic carbocycles. The number of hydrogen-bond donors (Lipinski definition) is 0. The van der Waals surface area contributed by atoms with Gasteiger partial charge in [0.15, 0.2) is 6.29 Å². The smallest absolute Gasteiger partial charge is 0.157 e. The summed E-state index contributed by atoms with van der Waals surface area (Å²) in [4.78, 5) is 0. The molecule has 112 valence electrons. The third-order valence-corrected chi connectivity index (χ3v) is 3.72. The Morgan fingerprint density at radius 3 is 2.55 bits per heavy atom. The summed E-state index contributed by atoms with van der Waals surface area (Å²) in [5.74, 6) is -0.236. The fraction of sp³-hybridized carbons (Fsp3) is 0.625. The van der Waals surface area contributed by atoms with Crippen molar-refractivity contribution >= 4 is 0 Å². The van der Waals surface area contributed by atoms with Gasteiger partial charge in [-0.3, -0.25) is 0 Å². The SMILES string of the molecule is CCCC1OCC(CC)(OCc2ccccc2F)CO1. The lowest BCUT2D eigenvalue weighted by Crippen LogP contribution is -2.49. The summed E-state index contributed by atoms with van der Waals surface area (Å²) >= 11 is 0. The van der Waals surface area contributed by atoms with E-state index in [1.807, 2.05) is 13.0 Å². The second kappa shape index (κ2) is 7.16. The van der Waals surface area contributed by atoms with Crippen LogP contribution in [0.25, 0.3) is 0 Å². The van der Waals surface area contributed by atoms with Crippen molar-refractivity contribution in [3.8, 4) is 0 Å². The summed E-state index contributed by atoms with van der Waals surface area (Å²) in [6.45, 7) is 5.38. The van der Waals surface area contributed by atoms with Crippen molar-refractivity contribution in [2.45, 2.75) is 51.6 Å². The molecule has 0 amide bonds. The molecule has 1 saturated heterocycles. The van der Waals surface area contributed by atoms with Crippen LogP contribution in [-0.4, -0.2) is 25.1 Å². The van der Waals surface area contributed by atoms with Gasteiger partial charge in [0, 0.05) is 5.56 Å². The van der Waals surface area contributed by atoms with E-state index in [0.29, 0.717) is 18.8 Å². The standard InChI is InChI=1S/C16H23FO3/c1-3-7-15-18-11-16(4-2,12-19-15)20-10-13-8-5-6-9-14(13)17/h5-6,8-9,15H,3-4,7,10-12H2,1-2H3. The van der Waals surface area contributed by atoms with Crippen LogP contribution in [0, 0.1) is 5.82 Å². The molecule has 1 aliphatic rings. The van der Waals surface area contributed by atoms with Gasteiger partial charge in [-0.05, 0) is 18.9 Å². The van der Waals surface area contributed by atoms with Crippen LogP contribution >= 0.6 is 0 Å². The first-order valence-electron chi connectivity index (χ1n) is 7.29. The van der Waals surface area contributed by atoms with E-state index in [4.69, 9.17) is 14.2 Å². The van der Waals surface area contributed by atoms with Gasteiger partial charge in [-0.25, -0.2) is 4.39 Å². The molecule has 0 unspecified atom stereocenters. The highest BCUT2D eigenvalue weighted by atomic mass is 19.1. The van der Waals surface area contributed by atoms with Crippen LogP contribution in [-0.2, 0) is 20.8 Å². The maximum Gasteiger partial charge on any atom is 0.157 e. The largest absolute Gasteiger partial charge is 0.365 e. The first kappa shape index (κ1) is 15.4. The zero-order chi connectivity index (χ0) is 14.4. The molecule has 1 aromatic rings. The van der Waals surface area contributed by atoms with Crippen molar-refractivity contribution < 1.29 is 18.6 Å². The average molecular weight is 282 g/mol. The Labute approximate surface area is 120 Å². The molecule has 2 rings (SSSR count). The first-order valence-corrected chi connectivity index (χ1v) is 7.29. The summed E-state index contributed by atoms with van der Waals surface area (Å²) in [5.41, 5.74) is 0.1000. The number of benzene rings is 1. The van der Waals surface area contributed by atoms with Gasteiger partial charge in [0.25, 0.3) is 0 Å². The minimum absolute atomic E-state index is 0.128. The van der Waals surface area contributed by atoms with Crippen LogP contribution in [0.15, 0.2) is 24.3 Å². The Morgan fingerprint density at radius 2 is 1.95 bits per heavy atom. The number of rotatable bonds is 6. The predicted molar refractivity (Wildman–Crippen MR) is 74.8 cm³/mol. The quantitative estimate of drug-likeness (QED) is 0.797. The Balaban J connectivity index is 1.91. The van der Waals surface area contributed by atoms with E-state index < -0.39 is 5.60 Å². The molecule has 0 radical (unpaired) electrons. The van der Waals surface area contributed by atoms with E-state index in [0.717, 1.165) is 19.3 Å². The molecule has 0 aromatic heterocycles. The highest BCUT2D eigenvalue weighted by Crippen LogP contribution is 2.26. The molecule has 1 aromatic carbocycles. The van der Waals surface area contributed by atoms with Crippen LogP contribution in [0.5, 0.6) is 0 Å². The van der Waals surface area contributed by atoms with Crippen LogP contribution in [0.3, 0.4) is 0 Å². The fourth-order valence-corrected chi connectivity index (χ4v) is 2.22. The van der Waals surface area contributed by atoms with Gasteiger partial charge in [0.1, 0.15) is 11.4 Å². The number of ether oxygens (including phenoxy) is 3. The zero-order valence-electron chi connectivity index (χ0n) is 12.2. The van der Waals surface area contributed by atoms with Crippen molar-refractivity contribution in [3.05, 3.63) is 35.6 Å². The monoisotopic (exact) mass is 282 g/mol. The fourth-order valence-electron chi connectivity index (χ4n) is 2.22. The lowest BCUT2D eigenvalue weighted by Gasteiger charge is -2.39. The minimum Gasteiger partial charge on any atom is -0.365 e. The van der Waals surface area contributed by atoms with E-state index in [2.05, 4.69) is 6.92 Å². The Bertz CT molecular complexity index is 414. The average Bonchev–Trinajstić information content (AvgIpc) is 2.49. The summed E-state index contributed by atoms with van der Waals surface area (Å²) in [5, 5.41) is 0. The van der Waals surface area contributed by atoms with E-state index >= 15 is 0 Å². The van der Waals surface area contributed by atoms with Gasteiger partial charge in [0.05, 0.1) is 19.8 Å². The molecule has 1 aliphatic heterocycles. The van der Waals surface area contributed by atoms with Gasteiger partial charge in [0.2, 0.25) is 0 Å². The Morgan fingerprint density at radius 1 is 1.25 bits per heavy atom. The third kappa shape index (κ3) is 3.78. The molecular weight excluding hydrogens is 259 g/mol. The van der Waals surface area contributed by atoms with E-state index in [9.17, 15) is 4.39 Å². The molecule has 0 N–H and O–H groups in total. The van der Waals surface area contributed by atoms with E-state index in [-0.39, 0.29) is 18.7 Å². The lowest BCUT2D eigenvalue weighted by atomic mass is 10.0. The number of hydrogen-bond acceptors (Lipinski definition) is 3. The van der Waals surface area contributed by atoms with Crippen molar-refractivity contribution in [2.75, 3.05) is 13.2 Å². The molecule has 0 spiro atoms. The van der Waals surface area contributed by atoms with Crippen LogP contribution in [0.4, 0.5) is 4.39 Å². The zero-order valence-corrected chi connectivity index (χ0v) is 12.2. The van der Waals surface area contributed by atoms with Gasteiger partial charge in [-0.1, -0.05) is 38.5 Å². The van der Waals surface area contributed by atoms with Crippen molar-refractivity contribution in [3.63, 3.8) is 0 Å². The number of halogens is 1. The highest BCUT2D eigenvalue weighted by Gasteiger charge is 2.36. The molecule has 1 fully saturated rings. The molecule has 1 heterocycles. The van der Waals surface area contributed by atoms with Gasteiger partial charge in [-0.2, -0.15) is 0 Å². The molecule has 3 nitrogen and oxygen atoms in total. The predicted octanol–water partition coefficient (Wildman–Crippen LogP) is 3.66. The normalized spacial score (nSPS) is 26.6. The molecule has 0 atom stereocenters. The second-order valence-electron chi connectivity index (χ2n) is 5.26. The molecular formula is C16H23FO3. The van der Waals surface area contributed by atoms with E-state index in [1.54, 1.807) is 12.1 Å². The third-order valence-electron chi connectivity index (χ3n) is 3.72. The Hall–Kier alpha value is -0.970. The molecule has 0 saturated carbocycles. The molecule has 20 heavy (non-hydrogen) atoms. The first-order chi connectivity index (χ1) is 9.69. The van der Waals surface area contributed by atoms with Crippen LogP contribution in [0.2, 0.25) is 0 Å². The maximum absolute atomic E-state index is 13.6. The molecule has 0 bridgehead atoms. The second-order valence-corrected chi connectivity index (χ2v) is 5.26. The summed E-state index contributed by atoms with van der Waals surface area (Å²) in [6, 6.07) is 6.67. The lowest BCUT2D eigenvalue weighted by molar-refractivity contribution is -0.270. The van der Waals surface area contributed by atoms with Crippen molar-refractivity contribution in [1.82, 2.24) is 0 Å².